The normalized spacial score (nSPS) is 21.8. The van der Waals surface area contributed by atoms with Crippen LogP contribution in [0.2, 0.25) is 5.02 Å². The minimum Gasteiger partial charge on any atom is -0.465 e. The highest BCUT2D eigenvalue weighted by molar-refractivity contribution is 6.31. The van der Waals surface area contributed by atoms with E-state index in [2.05, 4.69) is 9.88 Å². The third kappa shape index (κ3) is 3.71. The van der Waals surface area contributed by atoms with Crippen LogP contribution in [-0.4, -0.2) is 84.8 Å². The Morgan fingerprint density at radius 2 is 1.86 bits per heavy atom. The fourth-order valence-electron chi connectivity index (χ4n) is 5.73. The molecule has 11 heteroatoms. The van der Waals surface area contributed by atoms with E-state index in [-0.39, 0.29) is 18.0 Å². The number of carboxylic acid groups (broad SMARTS) is 1. The summed E-state index contributed by atoms with van der Waals surface area (Å²) in [5.74, 6) is -0.0446. The summed E-state index contributed by atoms with van der Waals surface area (Å²) in [6.07, 6.45) is -0.898. The first-order valence-electron chi connectivity index (χ1n) is 12.0. The molecule has 3 aliphatic heterocycles. The number of fused-ring (bicyclic) bond motifs is 5. The Labute approximate surface area is 213 Å². The van der Waals surface area contributed by atoms with Crippen molar-refractivity contribution in [2.45, 2.75) is 45.6 Å². The van der Waals surface area contributed by atoms with Crippen molar-refractivity contribution in [2.24, 2.45) is 0 Å². The Bertz CT molecular complexity index is 1380. The molecule has 2 fully saturated rings. The second-order valence-electron chi connectivity index (χ2n) is 9.80. The molecule has 2 unspecified atom stereocenters. The molecule has 0 saturated carbocycles. The molecular formula is C25H27ClN6O4. The van der Waals surface area contributed by atoms with Gasteiger partial charge in [0.1, 0.15) is 0 Å². The summed E-state index contributed by atoms with van der Waals surface area (Å²) in [6, 6.07) is 7.26. The van der Waals surface area contributed by atoms with Gasteiger partial charge in [0.2, 0.25) is 0 Å². The highest BCUT2D eigenvalue weighted by atomic mass is 35.5. The third-order valence-corrected chi connectivity index (χ3v) is 8.00. The lowest BCUT2D eigenvalue weighted by Crippen LogP contribution is -2.65. The summed E-state index contributed by atoms with van der Waals surface area (Å²) < 4.78 is 7.38. The lowest BCUT2D eigenvalue weighted by Gasteiger charge is -2.48. The summed E-state index contributed by atoms with van der Waals surface area (Å²) >= 11 is 6.36. The van der Waals surface area contributed by atoms with Crippen molar-refractivity contribution in [3.05, 3.63) is 63.1 Å². The van der Waals surface area contributed by atoms with Crippen LogP contribution in [0.25, 0.3) is 5.65 Å². The molecule has 188 valence electrons. The number of hydrogen-bond donors (Lipinski definition) is 1. The zero-order valence-corrected chi connectivity index (χ0v) is 20.9. The third-order valence-electron chi connectivity index (χ3n) is 7.45. The molecule has 3 aromatic rings. The van der Waals surface area contributed by atoms with Crippen molar-refractivity contribution in [1.82, 2.24) is 29.3 Å². The van der Waals surface area contributed by atoms with Crippen molar-refractivity contribution >= 4 is 29.2 Å². The van der Waals surface area contributed by atoms with E-state index in [0.717, 1.165) is 33.9 Å². The molecule has 2 bridgehead atoms. The number of aryl methyl sites for hydroxylation is 2. The molecule has 2 aromatic heterocycles. The molecule has 10 nitrogen and oxygen atoms in total. The molecule has 3 aliphatic rings. The van der Waals surface area contributed by atoms with E-state index >= 15 is 0 Å². The lowest BCUT2D eigenvalue weighted by molar-refractivity contribution is -0.0848. The average molecular weight is 511 g/mol. The average Bonchev–Trinajstić information content (AvgIpc) is 3.41. The summed E-state index contributed by atoms with van der Waals surface area (Å²) in [6.45, 7) is 7.17. The standard InChI is InChI=1S/C25H27ClN6O4/c1-14-22(26)15(2)32-23(27-14)20-10-30(11-21(20)28-32)24(33)19-6-4-3-5-16(19)7-29-8-17-12-36-13-18(9-29)31(17)25(34)35/h3-6,17-18H,7-13H2,1-2H3,(H,34,35). The smallest absolute Gasteiger partial charge is 0.408 e. The van der Waals surface area contributed by atoms with Crippen LogP contribution in [0.1, 0.15) is 38.6 Å². The van der Waals surface area contributed by atoms with Crippen LogP contribution in [0, 0.1) is 13.8 Å². The van der Waals surface area contributed by atoms with E-state index in [0.29, 0.717) is 56.5 Å². The number of piperazine rings is 1. The first-order valence-corrected chi connectivity index (χ1v) is 12.4. The van der Waals surface area contributed by atoms with Gasteiger partial charge >= 0.3 is 6.09 Å². The maximum absolute atomic E-state index is 13.7. The van der Waals surface area contributed by atoms with Gasteiger partial charge in [0.05, 0.1) is 60.5 Å². The molecule has 0 spiro atoms. The number of benzene rings is 1. The van der Waals surface area contributed by atoms with Gasteiger partial charge in [-0.05, 0) is 25.5 Å². The molecule has 1 aromatic carbocycles. The van der Waals surface area contributed by atoms with Crippen LogP contribution in [0.15, 0.2) is 24.3 Å². The predicted molar refractivity (Wildman–Crippen MR) is 131 cm³/mol. The van der Waals surface area contributed by atoms with Gasteiger partial charge in [-0.2, -0.15) is 5.10 Å². The zero-order chi connectivity index (χ0) is 25.1. The van der Waals surface area contributed by atoms with Crippen LogP contribution < -0.4 is 0 Å². The van der Waals surface area contributed by atoms with Gasteiger partial charge in [-0.15, -0.1) is 0 Å². The Balaban J connectivity index is 1.22. The van der Waals surface area contributed by atoms with Gasteiger partial charge in [0, 0.05) is 30.8 Å². The molecule has 2 saturated heterocycles. The Morgan fingerprint density at radius 1 is 1.14 bits per heavy atom. The highest BCUT2D eigenvalue weighted by Gasteiger charge is 2.41. The number of ether oxygens (including phenoxy) is 1. The van der Waals surface area contributed by atoms with Crippen molar-refractivity contribution in [3.63, 3.8) is 0 Å². The topological polar surface area (TPSA) is 104 Å². The molecule has 5 heterocycles. The predicted octanol–water partition coefficient (Wildman–Crippen LogP) is 2.72. The fourth-order valence-corrected chi connectivity index (χ4v) is 5.85. The number of nitrogens with zero attached hydrogens (tertiary/aromatic N) is 6. The molecular weight excluding hydrogens is 484 g/mol. The quantitative estimate of drug-likeness (QED) is 0.577. The van der Waals surface area contributed by atoms with E-state index in [1.54, 1.807) is 4.52 Å². The lowest BCUT2D eigenvalue weighted by atomic mass is 10.0. The molecule has 0 radical (unpaired) electrons. The van der Waals surface area contributed by atoms with Gasteiger partial charge in [-0.3, -0.25) is 14.6 Å². The largest absolute Gasteiger partial charge is 0.465 e. The maximum Gasteiger partial charge on any atom is 0.408 e. The number of halogens is 1. The molecule has 0 aliphatic carbocycles. The molecule has 1 N–H and O–H groups in total. The summed E-state index contributed by atoms with van der Waals surface area (Å²) in [4.78, 5) is 35.6. The minimum atomic E-state index is -0.898. The first kappa shape index (κ1) is 23.2. The Kier molecular flexibility index (Phi) is 5.62. The van der Waals surface area contributed by atoms with Crippen molar-refractivity contribution in [2.75, 3.05) is 26.3 Å². The number of rotatable bonds is 3. The number of carbonyl (C=O) groups excluding carboxylic acids is 1. The van der Waals surface area contributed by atoms with Gasteiger partial charge in [0.15, 0.2) is 5.65 Å². The fraction of sp³-hybridized carbons (Fsp3) is 0.440. The summed E-state index contributed by atoms with van der Waals surface area (Å²) in [5, 5.41) is 14.9. The number of hydrogen-bond acceptors (Lipinski definition) is 6. The van der Waals surface area contributed by atoms with E-state index in [4.69, 9.17) is 21.4 Å². The van der Waals surface area contributed by atoms with E-state index < -0.39 is 6.09 Å². The Morgan fingerprint density at radius 3 is 2.58 bits per heavy atom. The highest BCUT2D eigenvalue weighted by Crippen LogP contribution is 2.31. The van der Waals surface area contributed by atoms with Crippen molar-refractivity contribution in [1.29, 1.82) is 0 Å². The zero-order valence-electron chi connectivity index (χ0n) is 20.1. The van der Waals surface area contributed by atoms with Crippen LogP contribution in [0.3, 0.4) is 0 Å². The van der Waals surface area contributed by atoms with Gasteiger partial charge in [0.25, 0.3) is 5.91 Å². The van der Waals surface area contributed by atoms with E-state index in [9.17, 15) is 14.7 Å². The summed E-state index contributed by atoms with van der Waals surface area (Å²) in [7, 11) is 0. The molecule has 2 atom stereocenters. The monoisotopic (exact) mass is 510 g/mol. The minimum absolute atomic E-state index is 0.0446. The van der Waals surface area contributed by atoms with Gasteiger partial charge in [-0.25, -0.2) is 14.3 Å². The Hall–Kier alpha value is -3.21. The van der Waals surface area contributed by atoms with E-state index in [1.807, 2.05) is 43.0 Å². The summed E-state index contributed by atoms with van der Waals surface area (Å²) in [5.41, 5.74) is 5.73. The molecule has 6 rings (SSSR count). The van der Waals surface area contributed by atoms with Crippen molar-refractivity contribution < 1.29 is 19.4 Å². The van der Waals surface area contributed by atoms with Crippen molar-refractivity contribution in [3.8, 4) is 0 Å². The van der Waals surface area contributed by atoms with Crippen LogP contribution >= 0.6 is 11.6 Å². The number of amides is 2. The molecule has 36 heavy (non-hydrogen) atoms. The second-order valence-corrected chi connectivity index (χ2v) is 10.2. The number of morpholine rings is 1. The SMILES string of the molecule is Cc1nc2c3c(nn2c(C)c1Cl)CN(C(=O)c1ccccc1CN1CC2COCC(C1)N2C(=O)O)C3. The van der Waals surface area contributed by atoms with Crippen LogP contribution in [0.5, 0.6) is 0 Å². The molecule has 2 amide bonds. The number of carbonyl (C=O) groups is 2. The first-order chi connectivity index (χ1) is 17.3. The van der Waals surface area contributed by atoms with Gasteiger partial charge in [-0.1, -0.05) is 29.8 Å². The van der Waals surface area contributed by atoms with Crippen LogP contribution in [0.4, 0.5) is 4.79 Å². The van der Waals surface area contributed by atoms with E-state index in [1.165, 1.54) is 4.90 Å². The van der Waals surface area contributed by atoms with Crippen LogP contribution in [-0.2, 0) is 24.4 Å². The van der Waals surface area contributed by atoms with Gasteiger partial charge < -0.3 is 14.7 Å². The number of aromatic nitrogens is 3. The maximum atomic E-state index is 13.7. The second kappa shape index (κ2) is 8.72.